The molecular formula is C24H30ClN3O2. The van der Waals surface area contributed by atoms with Crippen LogP contribution in [0.3, 0.4) is 0 Å². The van der Waals surface area contributed by atoms with Gasteiger partial charge in [-0.1, -0.05) is 44.5 Å². The number of hydrogen-bond acceptors (Lipinski definition) is 3. The summed E-state index contributed by atoms with van der Waals surface area (Å²) in [5, 5.41) is 3.59. The minimum atomic E-state index is -0.160. The molecule has 1 heterocycles. The average molecular weight is 428 g/mol. The largest absolute Gasteiger partial charge is 0.366 e. The zero-order chi connectivity index (χ0) is 21.7. The molecular weight excluding hydrogens is 398 g/mol. The van der Waals surface area contributed by atoms with Gasteiger partial charge in [0, 0.05) is 43.2 Å². The first kappa shape index (κ1) is 22.2. The number of rotatable bonds is 6. The maximum absolute atomic E-state index is 12.8. The maximum atomic E-state index is 12.8. The van der Waals surface area contributed by atoms with Crippen LogP contribution in [0.25, 0.3) is 0 Å². The lowest BCUT2D eigenvalue weighted by atomic mass is 10.1. The van der Waals surface area contributed by atoms with Crippen LogP contribution in [0.4, 0.5) is 11.4 Å². The third-order valence-electron chi connectivity index (χ3n) is 5.39. The molecule has 6 heteroatoms. The van der Waals surface area contributed by atoms with Gasteiger partial charge in [0.05, 0.1) is 11.4 Å². The van der Waals surface area contributed by atoms with E-state index in [0.717, 1.165) is 25.2 Å². The fourth-order valence-corrected chi connectivity index (χ4v) is 3.82. The van der Waals surface area contributed by atoms with Crippen molar-refractivity contribution >= 4 is 34.8 Å². The van der Waals surface area contributed by atoms with Crippen molar-refractivity contribution in [3.8, 4) is 0 Å². The van der Waals surface area contributed by atoms with Crippen molar-refractivity contribution in [2.75, 3.05) is 36.4 Å². The van der Waals surface area contributed by atoms with Crippen LogP contribution < -0.4 is 10.2 Å². The van der Waals surface area contributed by atoms with E-state index in [1.165, 1.54) is 5.56 Å². The summed E-state index contributed by atoms with van der Waals surface area (Å²) in [5.41, 5.74) is 3.42. The van der Waals surface area contributed by atoms with Crippen molar-refractivity contribution in [2.24, 2.45) is 5.92 Å². The first-order valence-electron chi connectivity index (χ1n) is 10.6. The van der Waals surface area contributed by atoms with Crippen LogP contribution >= 0.6 is 11.6 Å². The number of anilines is 2. The average Bonchev–Trinajstić information content (AvgIpc) is 2.73. The second-order valence-electron chi connectivity index (χ2n) is 8.13. The number of piperazine rings is 1. The molecule has 0 aromatic heterocycles. The number of halogens is 1. The van der Waals surface area contributed by atoms with Crippen LogP contribution in [0.2, 0.25) is 5.02 Å². The Morgan fingerprint density at radius 1 is 1.03 bits per heavy atom. The summed E-state index contributed by atoms with van der Waals surface area (Å²) in [7, 11) is 0. The lowest BCUT2D eigenvalue weighted by Crippen LogP contribution is -2.49. The Labute approximate surface area is 184 Å². The summed E-state index contributed by atoms with van der Waals surface area (Å²) in [6.45, 7) is 9.02. The van der Waals surface area contributed by atoms with E-state index in [-0.39, 0.29) is 11.8 Å². The Kier molecular flexibility index (Phi) is 7.38. The molecule has 0 radical (unpaired) electrons. The third-order valence-corrected chi connectivity index (χ3v) is 5.62. The normalized spacial score (nSPS) is 14.2. The van der Waals surface area contributed by atoms with Crippen LogP contribution in [0.1, 0.15) is 43.1 Å². The van der Waals surface area contributed by atoms with Crippen molar-refractivity contribution < 1.29 is 9.59 Å². The molecule has 0 spiro atoms. The number of aryl methyl sites for hydroxylation is 1. The zero-order valence-corrected chi connectivity index (χ0v) is 18.7. The van der Waals surface area contributed by atoms with E-state index in [1.807, 2.05) is 41.3 Å². The zero-order valence-electron chi connectivity index (χ0n) is 18.0. The van der Waals surface area contributed by atoms with E-state index in [1.54, 1.807) is 6.07 Å². The maximum Gasteiger partial charge on any atom is 0.255 e. The number of amides is 2. The van der Waals surface area contributed by atoms with E-state index in [4.69, 9.17) is 11.6 Å². The first-order valence-corrected chi connectivity index (χ1v) is 11.0. The van der Waals surface area contributed by atoms with E-state index >= 15 is 0 Å². The molecule has 0 bridgehead atoms. The lowest BCUT2D eigenvalue weighted by Gasteiger charge is -2.37. The van der Waals surface area contributed by atoms with Crippen LogP contribution in [-0.4, -0.2) is 42.9 Å². The van der Waals surface area contributed by atoms with Crippen molar-refractivity contribution in [3.05, 3.63) is 58.6 Å². The Hall–Kier alpha value is -2.53. The van der Waals surface area contributed by atoms with Gasteiger partial charge in [0.2, 0.25) is 5.91 Å². The summed E-state index contributed by atoms with van der Waals surface area (Å²) in [6.07, 6.45) is 1.52. The van der Waals surface area contributed by atoms with E-state index in [0.29, 0.717) is 41.7 Å². The molecule has 5 nitrogen and oxygen atoms in total. The smallest absolute Gasteiger partial charge is 0.255 e. The molecule has 1 aliphatic heterocycles. The Morgan fingerprint density at radius 3 is 2.30 bits per heavy atom. The number of nitrogens with one attached hydrogen (secondary N) is 1. The van der Waals surface area contributed by atoms with Gasteiger partial charge in [-0.05, 0) is 48.2 Å². The highest BCUT2D eigenvalue weighted by Crippen LogP contribution is 2.30. The molecule has 3 rings (SSSR count). The van der Waals surface area contributed by atoms with Gasteiger partial charge in [-0.15, -0.1) is 0 Å². The molecule has 2 aromatic carbocycles. The Balaban J connectivity index is 1.71. The SMILES string of the molecule is CCc1ccc(C(=O)Nc2cc(Cl)ccc2N2CCN(C(=O)CC(C)C)CC2)cc1. The highest BCUT2D eigenvalue weighted by molar-refractivity contribution is 6.31. The van der Waals surface area contributed by atoms with Crippen LogP contribution in [0.5, 0.6) is 0 Å². The molecule has 1 saturated heterocycles. The number of hydrogen-bond donors (Lipinski definition) is 1. The van der Waals surface area contributed by atoms with Crippen LogP contribution in [0, 0.1) is 5.92 Å². The van der Waals surface area contributed by atoms with Gasteiger partial charge in [0.25, 0.3) is 5.91 Å². The summed E-state index contributed by atoms with van der Waals surface area (Å²) >= 11 is 6.22. The van der Waals surface area contributed by atoms with Gasteiger partial charge in [0.15, 0.2) is 0 Å². The van der Waals surface area contributed by atoms with Gasteiger partial charge < -0.3 is 15.1 Å². The van der Waals surface area contributed by atoms with Gasteiger partial charge >= 0.3 is 0 Å². The molecule has 2 amide bonds. The molecule has 0 atom stereocenters. The molecule has 1 aliphatic rings. The van der Waals surface area contributed by atoms with Crippen molar-refractivity contribution in [1.82, 2.24) is 4.90 Å². The quantitative estimate of drug-likeness (QED) is 0.716. The molecule has 2 aromatic rings. The number of benzene rings is 2. The van der Waals surface area contributed by atoms with Gasteiger partial charge in [-0.2, -0.15) is 0 Å². The van der Waals surface area contributed by atoms with E-state index in [9.17, 15) is 9.59 Å². The second-order valence-corrected chi connectivity index (χ2v) is 8.57. The van der Waals surface area contributed by atoms with Gasteiger partial charge in [-0.3, -0.25) is 9.59 Å². The lowest BCUT2D eigenvalue weighted by molar-refractivity contribution is -0.132. The summed E-state index contributed by atoms with van der Waals surface area (Å²) in [6, 6.07) is 13.2. The van der Waals surface area contributed by atoms with E-state index < -0.39 is 0 Å². The molecule has 0 aliphatic carbocycles. The van der Waals surface area contributed by atoms with Gasteiger partial charge in [-0.25, -0.2) is 0 Å². The predicted molar refractivity (Wildman–Crippen MR) is 123 cm³/mol. The molecule has 30 heavy (non-hydrogen) atoms. The van der Waals surface area contributed by atoms with E-state index in [2.05, 4.69) is 31.0 Å². The van der Waals surface area contributed by atoms with Crippen molar-refractivity contribution in [3.63, 3.8) is 0 Å². The van der Waals surface area contributed by atoms with Crippen LogP contribution in [-0.2, 0) is 11.2 Å². The minimum Gasteiger partial charge on any atom is -0.366 e. The second kappa shape index (κ2) is 9.98. The Bertz CT molecular complexity index is 888. The Morgan fingerprint density at radius 2 is 1.70 bits per heavy atom. The highest BCUT2D eigenvalue weighted by Gasteiger charge is 2.23. The first-order chi connectivity index (χ1) is 14.4. The molecule has 1 fully saturated rings. The minimum absolute atomic E-state index is 0.160. The fourth-order valence-electron chi connectivity index (χ4n) is 3.65. The monoisotopic (exact) mass is 427 g/mol. The highest BCUT2D eigenvalue weighted by atomic mass is 35.5. The molecule has 0 unspecified atom stereocenters. The topological polar surface area (TPSA) is 52.7 Å². The van der Waals surface area contributed by atoms with Crippen molar-refractivity contribution in [1.29, 1.82) is 0 Å². The van der Waals surface area contributed by atoms with Crippen LogP contribution in [0.15, 0.2) is 42.5 Å². The fraction of sp³-hybridized carbons (Fsp3) is 0.417. The number of carbonyl (C=O) groups is 2. The third kappa shape index (κ3) is 5.54. The molecule has 1 N–H and O–H groups in total. The predicted octanol–water partition coefficient (Wildman–Crippen LogP) is 4.85. The molecule has 0 saturated carbocycles. The summed E-state index contributed by atoms with van der Waals surface area (Å²) < 4.78 is 0. The standard InChI is InChI=1S/C24H30ClN3O2/c1-4-18-5-7-19(8-6-18)24(30)26-21-16-20(25)9-10-22(21)27-11-13-28(14-12-27)23(29)15-17(2)3/h5-10,16-17H,4,11-15H2,1-3H3,(H,26,30). The number of carbonyl (C=O) groups excluding carboxylic acids is 2. The summed E-state index contributed by atoms with van der Waals surface area (Å²) in [4.78, 5) is 29.3. The number of nitrogens with zero attached hydrogens (tertiary/aromatic N) is 2. The van der Waals surface area contributed by atoms with Crippen molar-refractivity contribution in [2.45, 2.75) is 33.6 Å². The van der Waals surface area contributed by atoms with Gasteiger partial charge in [0.1, 0.15) is 0 Å². The molecule has 160 valence electrons. The summed E-state index contributed by atoms with van der Waals surface area (Å²) in [5.74, 6) is 0.414.